The van der Waals surface area contributed by atoms with Crippen molar-refractivity contribution in [2.45, 2.75) is 25.8 Å². The van der Waals surface area contributed by atoms with Crippen LogP contribution in [0.25, 0.3) is 0 Å². The number of carbonyl (C=O) groups excluding carboxylic acids is 3. The number of nitrogens with zero attached hydrogens (tertiary/aromatic N) is 1. The molecule has 2 aromatic carbocycles. The zero-order chi connectivity index (χ0) is 20.3. The lowest BCUT2D eigenvalue weighted by Gasteiger charge is -2.18. The molecule has 1 saturated heterocycles. The zero-order valence-corrected chi connectivity index (χ0v) is 15.7. The highest BCUT2D eigenvalue weighted by molar-refractivity contribution is 6.07. The summed E-state index contributed by atoms with van der Waals surface area (Å²) in [6.45, 7) is 2.09. The molecule has 1 fully saturated rings. The number of carboxylic acids is 1. The number of hydrogen-bond donors (Lipinski definition) is 1. The number of aromatic carboxylic acids is 1. The highest BCUT2D eigenvalue weighted by Gasteiger charge is 2.38. The summed E-state index contributed by atoms with van der Waals surface area (Å²) in [5, 5.41) is 14.1. The van der Waals surface area contributed by atoms with Gasteiger partial charge in [-0.25, -0.2) is 0 Å². The smallest absolute Gasteiger partial charge is 0.252 e. The number of carbonyl (C=O) groups is 3. The van der Waals surface area contributed by atoms with E-state index >= 15 is 0 Å². The van der Waals surface area contributed by atoms with Crippen LogP contribution in [0.4, 0.5) is 5.69 Å². The third kappa shape index (κ3) is 4.14. The van der Waals surface area contributed by atoms with Crippen LogP contribution >= 0.6 is 0 Å². The van der Waals surface area contributed by atoms with Gasteiger partial charge in [-0.3, -0.25) is 14.5 Å². The fraction of sp³-hybridized carbons (Fsp3) is 0.286. The van der Waals surface area contributed by atoms with Crippen molar-refractivity contribution in [3.8, 4) is 5.75 Å². The number of rotatable bonds is 7. The minimum Gasteiger partial charge on any atom is -0.545 e. The second kappa shape index (κ2) is 8.12. The number of imide groups is 1. The summed E-state index contributed by atoms with van der Waals surface area (Å²) in [6, 6.07) is 11.2. The standard InChI is InChI=1S/C21H22N2O5/c1-13-3-6-15(21(26)27)11-17(13)22-18-12-19(24)23(20(18)25)10-9-14-4-7-16(28-2)8-5-14/h3-8,11,18,22H,9-10,12H2,1-2H3,(H,26,27)/p-1/t18-/m0/s1. The van der Waals surface area contributed by atoms with E-state index in [1.165, 1.54) is 17.0 Å². The molecule has 146 valence electrons. The fourth-order valence-electron chi connectivity index (χ4n) is 3.16. The first-order chi connectivity index (χ1) is 13.4. The van der Waals surface area contributed by atoms with Crippen molar-refractivity contribution in [3.05, 3.63) is 59.2 Å². The normalized spacial score (nSPS) is 16.4. The summed E-state index contributed by atoms with van der Waals surface area (Å²) < 4.78 is 5.12. The van der Waals surface area contributed by atoms with Crippen LogP contribution in [-0.4, -0.2) is 42.4 Å². The summed E-state index contributed by atoms with van der Waals surface area (Å²) in [4.78, 5) is 37.3. The third-order valence-electron chi connectivity index (χ3n) is 4.83. The molecule has 0 aromatic heterocycles. The van der Waals surface area contributed by atoms with Crippen molar-refractivity contribution in [2.24, 2.45) is 0 Å². The van der Waals surface area contributed by atoms with E-state index in [1.54, 1.807) is 20.1 Å². The second-order valence-electron chi connectivity index (χ2n) is 6.70. The van der Waals surface area contributed by atoms with E-state index in [2.05, 4.69) is 5.32 Å². The first-order valence-electron chi connectivity index (χ1n) is 8.94. The van der Waals surface area contributed by atoms with Gasteiger partial charge < -0.3 is 20.0 Å². The Labute approximate surface area is 162 Å². The highest BCUT2D eigenvalue weighted by atomic mass is 16.5. The molecule has 2 aromatic rings. The van der Waals surface area contributed by atoms with Gasteiger partial charge in [0.05, 0.1) is 19.5 Å². The molecule has 7 heteroatoms. The van der Waals surface area contributed by atoms with E-state index in [1.807, 2.05) is 24.3 Å². The van der Waals surface area contributed by atoms with Crippen LogP contribution in [-0.2, 0) is 16.0 Å². The maximum absolute atomic E-state index is 12.7. The molecule has 0 aliphatic carbocycles. The first kappa shape index (κ1) is 19.4. The second-order valence-corrected chi connectivity index (χ2v) is 6.70. The maximum atomic E-state index is 12.7. The molecular weight excluding hydrogens is 360 g/mol. The van der Waals surface area contributed by atoms with Crippen molar-refractivity contribution in [2.75, 3.05) is 19.0 Å². The SMILES string of the molecule is COc1ccc(CCN2C(=O)C[C@H](Nc3cc(C(=O)[O-])ccc3C)C2=O)cc1. The number of amides is 2. The molecule has 1 heterocycles. The van der Waals surface area contributed by atoms with Crippen LogP contribution in [0.2, 0.25) is 0 Å². The van der Waals surface area contributed by atoms with Gasteiger partial charge in [0, 0.05) is 12.2 Å². The molecule has 2 amide bonds. The molecule has 0 bridgehead atoms. The minimum atomic E-state index is -1.29. The van der Waals surface area contributed by atoms with Crippen LogP contribution in [0, 0.1) is 6.92 Å². The van der Waals surface area contributed by atoms with Gasteiger partial charge in [-0.05, 0) is 48.2 Å². The number of aryl methyl sites for hydroxylation is 1. The Morgan fingerprint density at radius 1 is 1.21 bits per heavy atom. The molecule has 28 heavy (non-hydrogen) atoms. The maximum Gasteiger partial charge on any atom is 0.252 e. The molecule has 1 aliphatic heterocycles. The van der Waals surface area contributed by atoms with Gasteiger partial charge in [0.15, 0.2) is 0 Å². The van der Waals surface area contributed by atoms with Crippen molar-refractivity contribution >= 4 is 23.5 Å². The summed E-state index contributed by atoms with van der Waals surface area (Å²) in [6.07, 6.45) is 0.587. The van der Waals surface area contributed by atoms with Crippen molar-refractivity contribution in [3.63, 3.8) is 0 Å². The average Bonchev–Trinajstić information content (AvgIpc) is 2.95. The Hall–Kier alpha value is -3.35. The molecule has 0 spiro atoms. The predicted octanol–water partition coefficient (Wildman–Crippen LogP) is 1.15. The Bertz CT molecular complexity index is 908. The molecule has 0 unspecified atom stereocenters. The number of nitrogens with one attached hydrogen (secondary N) is 1. The average molecular weight is 381 g/mol. The van der Waals surface area contributed by atoms with Crippen molar-refractivity contribution in [1.82, 2.24) is 4.90 Å². The van der Waals surface area contributed by atoms with E-state index in [4.69, 9.17) is 4.74 Å². The van der Waals surface area contributed by atoms with Crippen molar-refractivity contribution < 1.29 is 24.2 Å². The van der Waals surface area contributed by atoms with Gasteiger partial charge in [-0.15, -0.1) is 0 Å². The van der Waals surface area contributed by atoms with E-state index in [0.717, 1.165) is 16.9 Å². The van der Waals surface area contributed by atoms with Crippen LogP contribution in [0.3, 0.4) is 0 Å². The number of methoxy groups -OCH3 is 1. The Kier molecular flexibility index (Phi) is 5.63. The van der Waals surface area contributed by atoms with E-state index in [0.29, 0.717) is 18.7 Å². The number of likely N-dealkylation sites (tertiary alicyclic amines) is 1. The van der Waals surface area contributed by atoms with Gasteiger partial charge >= 0.3 is 0 Å². The zero-order valence-electron chi connectivity index (χ0n) is 15.7. The van der Waals surface area contributed by atoms with Gasteiger partial charge in [0.1, 0.15) is 11.8 Å². The topological polar surface area (TPSA) is 98.8 Å². The number of anilines is 1. The van der Waals surface area contributed by atoms with Gasteiger partial charge in [-0.2, -0.15) is 0 Å². The number of ether oxygens (including phenoxy) is 1. The molecule has 1 N–H and O–H groups in total. The quantitative estimate of drug-likeness (QED) is 0.723. The van der Waals surface area contributed by atoms with Gasteiger partial charge in [0.2, 0.25) is 5.91 Å². The first-order valence-corrected chi connectivity index (χ1v) is 8.94. The molecule has 3 rings (SSSR count). The summed E-state index contributed by atoms with van der Waals surface area (Å²) in [5.41, 5.74) is 2.29. The predicted molar refractivity (Wildman–Crippen MR) is 101 cm³/mol. The van der Waals surface area contributed by atoms with E-state index < -0.39 is 12.0 Å². The van der Waals surface area contributed by atoms with Crippen LogP contribution in [0.1, 0.15) is 27.9 Å². The molecule has 7 nitrogen and oxygen atoms in total. The Morgan fingerprint density at radius 3 is 2.57 bits per heavy atom. The lowest BCUT2D eigenvalue weighted by molar-refractivity contribution is -0.255. The van der Waals surface area contributed by atoms with Gasteiger partial charge in [-0.1, -0.05) is 24.3 Å². The number of carboxylic acid groups (broad SMARTS) is 1. The lowest BCUT2D eigenvalue weighted by Crippen LogP contribution is -2.36. The van der Waals surface area contributed by atoms with Gasteiger partial charge in [0.25, 0.3) is 5.91 Å². The van der Waals surface area contributed by atoms with E-state index in [9.17, 15) is 19.5 Å². The van der Waals surface area contributed by atoms with Crippen molar-refractivity contribution in [1.29, 1.82) is 0 Å². The van der Waals surface area contributed by atoms with Crippen LogP contribution in [0.5, 0.6) is 5.75 Å². The summed E-state index contributed by atoms with van der Waals surface area (Å²) in [5.74, 6) is -1.10. The number of benzene rings is 2. The molecule has 1 aliphatic rings. The number of hydrogen-bond acceptors (Lipinski definition) is 6. The largest absolute Gasteiger partial charge is 0.545 e. The van der Waals surface area contributed by atoms with E-state index in [-0.39, 0.29) is 23.8 Å². The molecule has 1 atom stereocenters. The minimum absolute atomic E-state index is 0.0150. The highest BCUT2D eigenvalue weighted by Crippen LogP contribution is 2.23. The Balaban J connectivity index is 1.66. The molecule has 0 radical (unpaired) electrons. The third-order valence-corrected chi connectivity index (χ3v) is 4.83. The summed E-state index contributed by atoms with van der Waals surface area (Å²) in [7, 11) is 1.59. The summed E-state index contributed by atoms with van der Waals surface area (Å²) >= 11 is 0. The lowest BCUT2D eigenvalue weighted by atomic mass is 10.1. The van der Waals surface area contributed by atoms with Crippen LogP contribution in [0.15, 0.2) is 42.5 Å². The molecule has 0 saturated carbocycles. The van der Waals surface area contributed by atoms with Crippen LogP contribution < -0.4 is 15.2 Å². The fourth-order valence-corrected chi connectivity index (χ4v) is 3.16. The Morgan fingerprint density at radius 2 is 1.93 bits per heavy atom. The molecular formula is C21H21N2O5-. The monoisotopic (exact) mass is 381 g/mol.